The van der Waals surface area contributed by atoms with Gasteiger partial charge in [-0.3, -0.25) is 0 Å². The molecule has 0 spiro atoms. The molecule has 4 heteroatoms. The van der Waals surface area contributed by atoms with Crippen molar-refractivity contribution in [3.05, 3.63) is 56.6 Å². The first-order valence-corrected chi connectivity index (χ1v) is 11.2. The van der Waals surface area contributed by atoms with Crippen molar-refractivity contribution in [3.8, 4) is 11.5 Å². The fraction of sp³-hybridized carbons (Fsp3) is 0.520. The molecule has 0 bridgehead atoms. The van der Waals surface area contributed by atoms with E-state index in [1.165, 1.54) is 11.1 Å². The van der Waals surface area contributed by atoms with Gasteiger partial charge in [0.25, 0.3) is 0 Å². The lowest BCUT2D eigenvalue weighted by Gasteiger charge is -2.35. The minimum absolute atomic E-state index is 0.000696. The molecular formula is C25H30Cl2O2. The summed E-state index contributed by atoms with van der Waals surface area (Å²) in [6.07, 6.45) is 2.91. The molecule has 0 saturated carbocycles. The Balaban J connectivity index is 1.56. The third kappa shape index (κ3) is 3.86. The summed E-state index contributed by atoms with van der Waals surface area (Å²) in [7, 11) is 0. The Hall–Kier alpha value is -1.38. The second-order valence-electron chi connectivity index (χ2n) is 10.1. The van der Waals surface area contributed by atoms with Crippen LogP contribution in [0.3, 0.4) is 0 Å². The van der Waals surface area contributed by atoms with E-state index in [1.807, 2.05) is 0 Å². The highest BCUT2D eigenvalue weighted by molar-refractivity contribution is 6.33. The van der Waals surface area contributed by atoms with Gasteiger partial charge < -0.3 is 9.47 Å². The lowest BCUT2D eigenvalue weighted by molar-refractivity contribution is 0.192. The predicted octanol–water partition coefficient (Wildman–Crippen LogP) is 7.14. The second kappa shape index (κ2) is 7.39. The van der Waals surface area contributed by atoms with Gasteiger partial charge in [-0.05, 0) is 51.8 Å². The Kier molecular flexibility index (Phi) is 5.32. The minimum Gasteiger partial charge on any atom is -0.491 e. The first kappa shape index (κ1) is 20.9. The highest BCUT2D eigenvalue weighted by Crippen LogP contribution is 2.46. The SMILES string of the molecule is CC(C)(C)c1ccc2c(c1Cl)OCC(CC(C)(C)c1ccc3c(c1Cl)OCC3)C2. The highest BCUT2D eigenvalue weighted by atomic mass is 35.5. The van der Waals surface area contributed by atoms with E-state index in [4.69, 9.17) is 32.7 Å². The predicted molar refractivity (Wildman–Crippen MR) is 121 cm³/mol. The van der Waals surface area contributed by atoms with Crippen molar-refractivity contribution in [1.29, 1.82) is 0 Å². The monoisotopic (exact) mass is 432 g/mol. The van der Waals surface area contributed by atoms with Crippen molar-refractivity contribution in [3.63, 3.8) is 0 Å². The summed E-state index contributed by atoms with van der Waals surface area (Å²) in [6, 6.07) is 8.70. The average molecular weight is 433 g/mol. The molecule has 0 amide bonds. The van der Waals surface area contributed by atoms with Gasteiger partial charge in [0, 0.05) is 6.42 Å². The summed E-state index contributed by atoms with van der Waals surface area (Å²) in [6.45, 7) is 12.5. The smallest absolute Gasteiger partial charge is 0.141 e. The van der Waals surface area contributed by atoms with Gasteiger partial charge >= 0.3 is 0 Å². The Morgan fingerprint density at radius 2 is 1.48 bits per heavy atom. The molecule has 0 radical (unpaired) electrons. The van der Waals surface area contributed by atoms with Crippen LogP contribution in [0.1, 0.15) is 63.3 Å². The number of hydrogen-bond donors (Lipinski definition) is 0. The zero-order valence-corrected chi connectivity index (χ0v) is 19.5. The Labute approximate surface area is 184 Å². The van der Waals surface area contributed by atoms with Gasteiger partial charge in [0.15, 0.2) is 0 Å². The molecule has 2 aromatic carbocycles. The Bertz CT molecular complexity index is 941. The third-order valence-electron chi connectivity index (χ3n) is 6.28. The standard InChI is InChI=1S/C25H30Cl2O2/c1-24(2,3)18-8-7-17-12-15(14-29-23(17)20(18)26)13-25(4,5)19-9-6-16-10-11-28-22(16)21(19)27/h6-9,15H,10-14H2,1-5H3. The van der Waals surface area contributed by atoms with Crippen molar-refractivity contribution in [2.24, 2.45) is 5.92 Å². The van der Waals surface area contributed by atoms with E-state index in [1.54, 1.807) is 0 Å². The number of fused-ring (bicyclic) bond motifs is 2. The Morgan fingerprint density at radius 1 is 0.862 bits per heavy atom. The van der Waals surface area contributed by atoms with E-state index in [-0.39, 0.29) is 10.8 Å². The number of benzene rings is 2. The van der Waals surface area contributed by atoms with Crippen LogP contribution in [0, 0.1) is 5.92 Å². The lowest BCUT2D eigenvalue weighted by Crippen LogP contribution is -2.29. The summed E-state index contributed by atoms with van der Waals surface area (Å²) in [5, 5.41) is 1.55. The lowest BCUT2D eigenvalue weighted by atomic mass is 9.74. The summed E-state index contributed by atoms with van der Waals surface area (Å²) >= 11 is 13.5. The van der Waals surface area contributed by atoms with Crippen LogP contribution in [0.25, 0.3) is 0 Å². The van der Waals surface area contributed by atoms with Gasteiger partial charge in [-0.15, -0.1) is 0 Å². The third-order valence-corrected chi connectivity index (χ3v) is 7.03. The summed E-state index contributed by atoms with van der Waals surface area (Å²) in [5.41, 5.74) is 4.65. The molecule has 0 aromatic heterocycles. The minimum atomic E-state index is -0.0707. The van der Waals surface area contributed by atoms with Crippen molar-refractivity contribution < 1.29 is 9.47 Å². The first-order valence-electron chi connectivity index (χ1n) is 10.5. The van der Waals surface area contributed by atoms with Gasteiger partial charge in [-0.25, -0.2) is 0 Å². The topological polar surface area (TPSA) is 18.5 Å². The maximum absolute atomic E-state index is 6.74. The van der Waals surface area contributed by atoms with Crippen LogP contribution in [0.15, 0.2) is 24.3 Å². The van der Waals surface area contributed by atoms with Gasteiger partial charge in [-0.2, -0.15) is 0 Å². The molecule has 1 atom stereocenters. The Morgan fingerprint density at radius 3 is 2.21 bits per heavy atom. The van der Waals surface area contributed by atoms with Crippen LogP contribution in [0.2, 0.25) is 10.0 Å². The molecular weight excluding hydrogens is 403 g/mol. The zero-order valence-electron chi connectivity index (χ0n) is 18.0. The molecule has 0 N–H and O–H groups in total. The molecule has 0 saturated heterocycles. The van der Waals surface area contributed by atoms with E-state index in [0.29, 0.717) is 12.5 Å². The van der Waals surface area contributed by atoms with Crippen LogP contribution in [0.4, 0.5) is 0 Å². The molecule has 2 aliphatic heterocycles. The van der Waals surface area contributed by atoms with Crippen LogP contribution >= 0.6 is 23.2 Å². The molecule has 2 heterocycles. The zero-order chi connectivity index (χ0) is 21.0. The average Bonchev–Trinajstić information content (AvgIpc) is 3.10. The van der Waals surface area contributed by atoms with Gasteiger partial charge in [0.05, 0.1) is 23.3 Å². The molecule has 1 unspecified atom stereocenters. The van der Waals surface area contributed by atoms with E-state index in [0.717, 1.165) is 58.5 Å². The second-order valence-corrected chi connectivity index (χ2v) is 10.9. The van der Waals surface area contributed by atoms with Crippen molar-refractivity contribution in [2.75, 3.05) is 13.2 Å². The van der Waals surface area contributed by atoms with E-state index < -0.39 is 0 Å². The molecule has 29 heavy (non-hydrogen) atoms. The van der Waals surface area contributed by atoms with Crippen LogP contribution < -0.4 is 9.47 Å². The normalized spacial score (nSPS) is 18.7. The maximum Gasteiger partial charge on any atom is 0.141 e. The van der Waals surface area contributed by atoms with Crippen LogP contribution in [0.5, 0.6) is 11.5 Å². The maximum atomic E-state index is 6.74. The van der Waals surface area contributed by atoms with Gasteiger partial charge in [-0.1, -0.05) is 82.1 Å². The largest absolute Gasteiger partial charge is 0.491 e. The number of halogens is 2. The van der Waals surface area contributed by atoms with E-state index in [2.05, 4.69) is 58.9 Å². The molecule has 2 aromatic rings. The summed E-state index contributed by atoms with van der Waals surface area (Å²) in [5.74, 6) is 2.17. The highest BCUT2D eigenvalue weighted by Gasteiger charge is 2.33. The fourth-order valence-electron chi connectivity index (χ4n) is 4.76. The molecule has 156 valence electrons. The molecule has 0 fully saturated rings. The van der Waals surface area contributed by atoms with Gasteiger partial charge in [0.1, 0.15) is 11.5 Å². The van der Waals surface area contributed by atoms with Gasteiger partial charge in [0.2, 0.25) is 0 Å². The number of hydrogen-bond acceptors (Lipinski definition) is 2. The summed E-state index contributed by atoms with van der Waals surface area (Å²) < 4.78 is 12.0. The fourth-order valence-corrected chi connectivity index (χ4v) is 5.78. The van der Waals surface area contributed by atoms with Crippen molar-refractivity contribution in [1.82, 2.24) is 0 Å². The number of ether oxygens (including phenoxy) is 2. The molecule has 4 rings (SSSR count). The first-order chi connectivity index (χ1) is 13.6. The van der Waals surface area contributed by atoms with Crippen molar-refractivity contribution >= 4 is 23.2 Å². The van der Waals surface area contributed by atoms with E-state index in [9.17, 15) is 0 Å². The van der Waals surface area contributed by atoms with E-state index >= 15 is 0 Å². The quantitative estimate of drug-likeness (QED) is 0.512. The van der Waals surface area contributed by atoms with Crippen LogP contribution in [-0.2, 0) is 23.7 Å². The molecule has 2 aliphatic rings. The summed E-state index contributed by atoms with van der Waals surface area (Å²) in [4.78, 5) is 0. The van der Waals surface area contributed by atoms with Crippen molar-refractivity contribution in [2.45, 2.75) is 64.7 Å². The molecule has 0 aliphatic carbocycles. The molecule has 2 nitrogen and oxygen atoms in total. The van der Waals surface area contributed by atoms with Crippen LogP contribution in [-0.4, -0.2) is 13.2 Å². The number of rotatable bonds is 3.